The SMILES string of the molecule is Cc1c(Cl)cccc1S(=O)(=O)Nc1nc(Cc2cccc(C#N)c2)cs1. The second-order valence-electron chi connectivity index (χ2n) is 5.60. The molecule has 0 spiro atoms. The predicted molar refractivity (Wildman–Crippen MR) is 103 cm³/mol. The van der Waals surface area contributed by atoms with Crippen molar-refractivity contribution in [3.05, 3.63) is 75.3 Å². The molecule has 2 aromatic carbocycles. The molecule has 0 saturated heterocycles. The number of nitriles is 1. The zero-order valence-corrected chi connectivity index (χ0v) is 16.1. The van der Waals surface area contributed by atoms with E-state index >= 15 is 0 Å². The molecule has 0 aliphatic rings. The molecule has 0 aliphatic heterocycles. The van der Waals surface area contributed by atoms with Gasteiger partial charge in [0.1, 0.15) is 0 Å². The third kappa shape index (κ3) is 4.05. The molecule has 0 atom stereocenters. The zero-order chi connectivity index (χ0) is 18.7. The van der Waals surface area contributed by atoms with Gasteiger partial charge >= 0.3 is 0 Å². The number of hydrogen-bond donors (Lipinski definition) is 1. The van der Waals surface area contributed by atoms with E-state index in [2.05, 4.69) is 15.8 Å². The predicted octanol–water partition coefficient (Wildman–Crippen LogP) is 4.37. The summed E-state index contributed by atoms with van der Waals surface area (Å²) < 4.78 is 27.7. The normalized spacial score (nSPS) is 11.1. The molecule has 0 bridgehead atoms. The molecule has 5 nitrogen and oxygen atoms in total. The van der Waals surface area contributed by atoms with Crippen LogP contribution in [-0.4, -0.2) is 13.4 Å². The first-order chi connectivity index (χ1) is 12.4. The molecule has 0 unspecified atom stereocenters. The largest absolute Gasteiger partial charge is 0.263 e. The molecule has 8 heteroatoms. The second kappa shape index (κ2) is 7.46. The van der Waals surface area contributed by atoms with E-state index in [9.17, 15) is 8.42 Å². The average molecular weight is 404 g/mol. The fourth-order valence-corrected chi connectivity index (χ4v) is 4.91. The average Bonchev–Trinajstić information content (AvgIpc) is 3.03. The van der Waals surface area contributed by atoms with E-state index in [1.54, 1.807) is 36.6 Å². The molecular formula is C18H14ClN3O2S2. The first-order valence-electron chi connectivity index (χ1n) is 7.60. The quantitative estimate of drug-likeness (QED) is 0.685. The molecule has 0 radical (unpaired) electrons. The molecule has 132 valence electrons. The number of sulfonamides is 1. The van der Waals surface area contributed by atoms with Crippen molar-refractivity contribution in [2.75, 3.05) is 4.72 Å². The molecule has 0 aliphatic carbocycles. The standard InChI is InChI=1S/C18H14ClN3O2S2/c1-12-16(19)6-3-7-17(12)26(23,24)22-18-21-15(11-25-18)9-13-4-2-5-14(8-13)10-20/h2-8,11H,9H2,1H3,(H,21,22). The molecule has 0 fully saturated rings. The Kier molecular flexibility index (Phi) is 5.28. The van der Waals surface area contributed by atoms with Gasteiger partial charge in [-0.25, -0.2) is 13.4 Å². The lowest BCUT2D eigenvalue weighted by Gasteiger charge is -2.09. The lowest BCUT2D eigenvalue weighted by atomic mass is 10.1. The maximum atomic E-state index is 12.6. The van der Waals surface area contributed by atoms with Crippen molar-refractivity contribution in [1.29, 1.82) is 5.26 Å². The number of aromatic nitrogens is 1. The van der Waals surface area contributed by atoms with Gasteiger partial charge < -0.3 is 0 Å². The lowest BCUT2D eigenvalue weighted by molar-refractivity contribution is 0.600. The fraction of sp³-hybridized carbons (Fsp3) is 0.111. The highest BCUT2D eigenvalue weighted by Crippen LogP contribution is 2.26. The summed E-state index contributed by atoms with van der Waals surface area (Å²) in [6.45, 7) is 1.66. The summed E-state index contributed by atoms with van der Waals surface area (Å²) in [5.74, 6) is 0. The first-order valence-corrected chi connectivity index (χ1v) is 10.3. The smallest absolute Gasteiger partial charge is 0.255 e. The minimum absolute atomic E-state index is 0.128. The summed E-state index contributed by atoms with van der Waals surface area (Å²) in [4.78, 5) is 4.46. The number of nitrogens with one attached hydrogen (secondary N) is 1. The maximum Gasteiger partial charge on any atom is 0.263 e. The number of anilines is 1. The Balaban J connectivity index is 1.80. The lowest BCUT2D eigenvalue weighted by Crippen LogP contribution is -2.14. The minimum Gasteiger partial charge on any atom is -0.255 e. The van der Waals surface area contributed by atoms with Gasteiger partial charge in [0.25, 0.3) is 10.0 Å². The monoisotopic (exact) mass is 403 g/mol. The summed E-state index contributed by atoms with van der Waals surface area (Å²) in [6, 6.07) is 14.1. The first kappa shape index (κ1) is 18.4. The summed E-state index contributed by atoms with van der Waals surface area (Å²) in [6.07, 6.45) is 0.518. The minimum atomic E-state index is -3.77. The highest BCUT2D eigenvalue weighted by atomic mass is 35.5. The Hall–Kier alpha value is -2.40. The molecule has 0 amide bonds. The van der Waals surface area contributed by atoms with Gasteiger partial charge in [-0.3, -0.25) is 4.72 Å². The Labute approximate surface area is 161 Å². The van der Waals surface area contributed by atoms with Gasteiger partial charge in [0.05, 0.1) is 22.2 Å². The van der Waals surface area contributed by atoms with Gasteiger partial charge in [-0.15, -0.1) is 11.3 Å². The van der Waals surface area contributed by atoms with Crippen LogP contribution < -0.4 is 4.72 Å². The molecule has 1 aromatic heterocycles. The Bertz CT molecular complexity index is 1100. The topological polar surface area (TPSA) is 82.8 Å². The number of hydrogen-bond acceptors (Lipinski definition) is 5. The van der Waals surface area contributed by atoms with E-state index in [4.69, 9.17) is 16.9 Å². The second-order valence-corrected chi connectivity index (χ2v) is 8.52. The van der Waals surface area contributed by atoms with E-state index in [0.717, 1.165) is 11.3 Å². The van der Waals surface area contributed by atoms with Crippen LogP contribution >= 0.6 is 22.9 Å². The van der Waals surface area contributed by atoms with Crippen molar-refractivity contribution >= 4 is 38.1 Å². The summed E-state index contributed by atoms with van der Waals surface area (Å²) in [7, 11) is -3.77. The summed E-state index contributed by atoms with van der Waals surface area (Å²) in [5.41, 5.74) is 2.74. The van der Waals surface area contributed by atoms with Crippen LogP contribution in [0.15, 0.2) is 52.7 Å². The van der Waals surface area contributed by atoms with Crippen molar-refractivity contribution in [2.24, 2.45) is 0 Å². The van der Waals surface area contributed by atoms with Crippen LogP contribution in [0.1, 0.15) is 22.4 Å². The number of halogens is 1. The highest BCUT2D eigenvalue weighted by Gasteiger charge is 2.19. The van der Waals surface area contributed by atoms with Crippen LogP contribution in [0.4, 0.5) is 5.13 Å². The van der Waals surface area contributed by atoms with Crippen LogP contribution in [0.3, 0.4) is 0 Å². The van der Waals surface area contributed by atoms with Gasteiger partial charge in [-0.2, -0.15) is 5.26 Å². The third-order valence-electron chi connectivity index (χ3n) is 3.72. The number of rotatable bonds is 5. The number of thiazole rings is 1. The van der Waals surface area contributed by atoms with E-state index < -0.39 is 10.0 Å². The number of benzene rings is 2. The number of nitrogens with zero attached hydrogens (tertiary/aromatic N) is 2. The van der Waals surface area contributed by atoms with Crippen LogP contribution in [0.5, 0.6) is 0 Å². The van der Waals surface area contributed by atoms with E-state index in [-0.39, 0.29) is 10.0 Å². The molecular weight excluding hydrogens is 390 g/mol. The molecule has 3 rings (SSSR count). The van der Waals surface area contributed by atoms with Crippen LogP contribution in [-0.2, 0) is 16.4 Å². The van der Waals surface area contributed by atoms with Gasteiger partial charge in [-0.1, -0.05) is 29.8 Å². The van der Waals surface area contributed by atoms with Crippen molar-refractivity contribution in [2.45, 2.75) is 18.2 Å². The van der Waals surface area contributed by atoms with E-state index in [1.165, 1.54) is 17.4 Å². The Morgan fingerprint density at radius 2 is 2.04 bits per heavy atom. The van der Waals surface area contributed by atoms with Gasteiger partial charge in [0.2, 0.25) is 0 Å². The highest BCUT2D eigenvalue weighted by molar-refractivity contribution is 7.93. The molecule has 3 aromatic rings. The third-order valence-corrected chi connectivity index (χ3v) is 6.55. The Morgan fingerprint density at radius 1 is 1.27 bits per heavy atom. The molecule has 1 N–H and O–H groups in total. The van der Waals surface area contributed by atoms with Crippen molar-refractivity contribution in [3.63, 3.8) is 0 Å². The molecule has 0 saturated carbocycles. The summed E-state index contributed by atoms with van der Waals surface area (Å²) in [5, 5.41) is 11.4. The van der Waals surface area contributed by atoms with Gasteiger partial charge in [-0.05, 0) is 42.3 Å². The Morgan fingerprint density at radius 3 is 2.81 bits per heavy atom. The van der Waals surface area contributed by atoms with Crippen molar-refractivity contribution in [3.8, 4) is 6.07 Å². The van der Waals surface area contributed by atoms with E-state index in [1.807, 2.05) is 12.1 Å². The van der Waals surface area contributed by atoms with Crippen LogP contribution in [0.2, 0.25) is 5.02 Å². The van der Waals surface area contributed by atoms with Gasteiger partial charge in [0.15, 0.2) is 5.13 Å². The van der Waals surface area contributed by atoms with Crippen molar-refractivity contribution in [1.82, 2.24) is 4.98 Å². The van der Waals surface area contributed by atoms with Crippen LogP contribution in [0, 0.1) is 18.3 Å². The van der Waals surface area contributed by atoms with Crippen LogP contribution in [0.25, 0.3) is 0 Å². The van der Waals surface area contributed by atoms with Crippen molar-refractivity contribution < 1.29 is 8.42 Å². The molecule has 1 heterocycles. The zero-order valence-electron chi connectivity index (χ0n) is 13.7. The van der Waals surface area contributed by atoms with E-state index in [0.29, 0.717) is 22.6 Å². The summed E-state index contributed by atoms with van der Waals surface area (Å²) >= 11 is 7.22. The van der Waals surface area contributed by atoms with Gasteiger partial charge in [0, 0.05) is 16.8 Å². The molecule has 26 heavy (non-hydrogen) atoms. The fourth-order valence-electron chi connectivity index (χ4n) is 2.44. The maximum absolute atomic E-state index is 12.6.